The molecule has 0 amide bonds. The van der Waals surface area contributed by atoms with Gasteiger partial charge >= 0.3 is 0 Å². The second-order valence-electron chi connectivity index (χ2n) is 4.81. The maximum atomic E-state index is 10.8. The quantitative estimate of drug-likeness (QED) is 0.654. The molecule has 6 nitrogen and oxygen atoms in total. The zero-order valence-corrected chi connectivity index (χ0v) is 12.2. The summed E-state index contributed by atoms with van der Waals surface area (Å²) in [5.74, 6) is 0.831. The molecule has 1 heterocycles. The van der Waals surface area contributed by atoms with Crippen molar-refractivity contribution in [3.8, 4) is 0 Å². The summed E-state index contributed by atoms with van der Waals surface area (Å²) in [6.45, 7) is 1.84. The molecule has 2 N–H and O–H groups in total. The molecule has 1 aliphatic carbocycles. The molecule has 0 radical (unpaired) electrons. The van der Waals surface area contributed by atoms with Gasteiger partial charge < -0.3 is 10.4 Å². The molecule has 2 rings (SSSR count). The number of hydrogen-bond acceptors (Lipinski definition) is 5. The minimum Gasteiger partial charge on any atom is -0.396 e. The van der Waals surface area contributed by atoms with Gasteiger partial charge in [-0.05, 0) is 35.7 Å². The highest BCUT2D eigenvalue weighted by atomic mass is 79.9. The summed E-state index contributed by atoms with van der Waals surface area (Å²) >= 11 is 3.36. The van der Waals surface area contributed by atoms with Crippen LogP contribution in [0.4, 0.5) is 11.5 Å². The normalized spacial score (nSPS) is 22.5. The number of anilines is 1. The maximum Gasteiger partial charge on any atom is 0.291 e. The Morgan fingerprint density at radius 2 is 2.37 bits per heavy atom. The molecule has 1 saturated carbocycles. The van der Waals surface area contributed by atoms with Crippen molar-refractivity contribution in [1.29, 1.82) is 0 Å². The predicted molar refractivity (Wildman–Crippen MR) is 75.2 cm³/mol. The van der Waals surface area contributed by atoms with Crippen LogP contribution in [0, 0.1) is 23.0 Å². The number of rotatable bonds is 4. The van der Waals surface area contributed by atoms with Crippen LogP contribution in [0.1, 0.15) is 24.8 Å². The molecule has 0 aliphatic heterocycles. The molecular weight excluding hydrogens is 314 g/mol. The van der Waals surface area contributed by atoms with E-state index in [1.165, 1.54) is 6.20 Å². The third-order valence-electron chi connectivity index (χ3n) is 3.65. The molecule has 2 atom stereocenters. The molecule has 0 bridgehead atoms. The molecule has 1 aromatic heterocycles. The van der Waals surface area contributed by atoms with Crippen LogP contribution in [0.3, 0.4) is 0 Å². The fraction of sp³-hybridized carbons (Fsp3) is 0.583. The van der Waals surface area contributed by atoms with Crippen molar-refractivity contribution in [1.82, 2.24) is 4.98 Å². The number of pyridine rings is 1. The summed E-state index contributed by atoms with van der Waals surface area (Å²) in [6.07, 6.45) is 4.32. The Morgan fingerprint density at radius 1 is 1.63 bits per heavy atom. The highest BCUT2D eigenvalue weighted by Crippen LogP contribution is 2.34. The lowest BCUT2D eigenvalue weighted by molar-refractivity contribution is -0.385. The third-order valence-corrected chi connectivity index (χ3v) is 4.62. The maximum absolute atomic E-state index is 10.8. The van der Waals surface area contributed by atoms with Crippen LogP contribution in [-0.4, -0.2) is 27.7 Å². The number of nitrogens with zero attached hydrogens (tertiary/aromatic N) is 2. The van der Waals surface area contributed by atoms with Gasteiger partial charge in [0, 0.05) is 24.1 Å². The number of aromatic nitrogens is 1. The SMILES string of the molecule is Cc1c([N+](=O)[O-])cnc(NC2CCCC2CO)c1Br. The van der Waals surface area contributed by atoms with E-state index in [0.717, 1.165) is 19.3 Å². The van der Waals surface area contributed by atoms with Crippen molar-refractivity contribution in [3.63, 3.8) is 0 Å². The highest BCUT2D eigenvalue weighted by Gasteiger charge is 2.28. The standard InChI is InChI=1S/C12H16BrN3O3/c1-7-10(16(18)19)5-14-12(11(7)13)15-9-4-2-3-8(9)6-17/h5,8-9,17H,2-4,6H2,1H3,(H,14,15). The topological polar surface area (TPSA) is 88.3 Å². The van der Waals surface area contributed by atoms with Crippen LogP contribution >= 0.6 is 15.9 Å². The van der Waals surface area contributed by atoms with Gasteiger partial charge in [0.05, 0.1) is 9.40 Å². The lowest BCUT2D eigenvalue weighted by Gasteiger charge is -2.20. The zero-order chi connectivity index (χ0) is 14.0. The second kappa shape index (κ2) is 5.83. The van der Waals surface area contributed by atoms with Gasteiger partial charge in [-0.15, -0.1) is 0 Å². The Balaban J connectivity index is 2.22. The molecule has 0 spiro atoms. The van der Waals surface area contributed by atoms with Crippen molar-refractivity contribution in [2.75, 3.05) is 11.9 Å². The average Bonchev–Trinajstić information content (AvgIpc) is 2.82. The first-order chi connectivity index (χ1) is 9.04. The first-order valence-electron chi connectivity index (χ1n) is 6.21. The van der Waals surface area contributed by atoms with Crippen molar-refractivity contribution in [2.24, 2.45) is 5.92 Å². The van der Waals surface area contributed by atoms with Gasteiger partial charge in [-0.25, -0.2) is 4.98 Å². The molecule has 1 aliphatic rings. The van der Waals surface area contributed by atoms with Gasteiger partial charge in [0.2, 0.25) is 0 Å². The van der Waals surface area contributed by atoms with Crippen molar-refractivity contribution < 1.29 is 10.0 Å². The number of nitrogens with one attached hydrogen (secondary N) is 1. The molecular formula is C12H16BrN3O3. The molecule has 7 heteroatoms. The Kier molecular flexibility index (Phi) is 4.36. The number of aliphatic hydroxyl groups is 1. The summed E-state index contributed by atoms with van der Waals surface area (Å²) in [7, 11) is 0. The minimum absolute atomic E-state index is 0.00237. The number of hydrogen-bond donors (Lipinski definition) is 2. The van der Waals surface area contributed by atoms with E-state index in [1.807, 2.05) is 0 Å². The summed E-state index contributed by atoms with van der Waals surface area (Å²) in [4.78, 5) is 14.5. The molecule has 2 unspecified atom stereocenters. The fourth-order valence-electron chi connectivity index (χ4n) is 2.47. The average molecular weight is 330 g/mol. The van der Waals surface area contributed by atoms with Crippen LogP contribution < -0.4 is 5.32 Å². The van der Waals surface area contributed by atoms with Crippen LogP contribution in [0.2, 0.25) is 0 Å². The fourth-order valence-corrected chi connectivity index (χ4v) is 2.89. The molecule has 1 fully saturated rings. The Hall–Kier alpha value is -1.21. The van der Waals surface area contributed by atoms with Crippen LogP contribution in [0.5, 0.6) is 0 Å². The summed E-state index contributed by atoms with van der Waals surface area (Å²) < 4.78 is 0.616. The van der Waals surface area contributed by atoms with Gasteiger partial charge in [0.25, 0.3) is 5.69 Å². The molecule has 0 saturated heterocycles. The Labute approximate surface area is 119 Å². The van der Waals surface area contributed by atoms with E-state index >= 15 is 0 Å². The minimum atomic E-state index is -0.441. The Morgan fingerprint density at radius 3 is 3.00 bits per heavy atom. The van der Waals surface area contributed by atoms with E-state index in [2.05, 4.69) is 26.2 Å². The smallest absolute Gasteiger partial charge is 0.291 e. The van der Waals surface area contributed by atoms with E-state index < -0.39 is 4.92 Å². The summed E-state index contributed by atoms with van der Waals surface area (Å²) in [6, 6.07) is 0.176. The number of halogens is 1. The van der Waals surface area contributed by atoms with E-state index in [1.54, 1.807) is 6.92 Å². The van der Waals surface area contributed by atoms with Crippen molar-refractivity contribution >= 4 is 27.4 Å². The predicted octanol–water partition coefficient (Wildman–Crippen LogP) is 2.63. The van der Waals surface area contributed by atoms with Crippen molar-refractivity contribution in [2.45, 2.75) is 32.2 Å². The van der Waals surface area contributed by atoms with E-state index in [9.17, 15) is 15.2 Å². The number of nitro groups is 1. The van der Waals surface area contributed by atoms with E-state index in [4.69, 9.17) is 0 Å². The third kappa shape index (κ3) is 2.87. The lowest BCUT2D eigenvalue weighted by atomic mass is 10.1. The second-order valence-corrected chi connectivity index (χ2v) is 5.61. The van der Waals surface area contributed by atoms with Gasteiger partial charge in [0.15, 0.2) is 0 Å². The molecule has 104 valence electrons. The zero-order valence-electron chi connectivity index (χ0n) is 10.6. The van der Waals surface area contributed by atoms with Gasteiger partial charge in [-0.2, -0.15) is 0 Å². The van der Waals surface area contributed by atoms with Crippen LogP contribution in [-0.2, 0) is 0 Å². The molecule has 19 heavy (non-hydrogen) atoms. The van der Waals surface area contributed by atoms with Crippen LogP contribution in [0.15, 0.2) is 10.7 Å². The highest BCUT2D eigenvalue weighted by molar-refractivity contribution is 9.10. The monoisotopic (exact) mass is 329 g/mol. The van der Waals surface area contributed by atoms with Gasteiger partial charge in [0.1, 0.15) is 12.0 Å². The first kappa shape index (κ1) is 14.2. The number of aliphatic hydroxyl groups excluding tert-OH is 1. The van der Waals surface area contributed by atoms with E-state index in [0.29, 0.717) is 15.9 Å². The van der Waals surface area contributed by atoms with Crippen LogP contribution in [0.25, 0.3) is 0 Å². The largest absolute Gasteiger partial charge is 0.396 e. The molecule has 1 aromatic rings. The van der Waals surface area contributed by atoms with Crippen molar-refractivity contribution in [3.05, 3.63) is 26.3 Å². The summed E-state index contributed by atoms with van der Waals surface area (Å²) in [5, 5.41) is 23.4. The lowest BCUT2D eigenvalue weighted by Crippen LogP contribution is -2.27. The molecule has 0 aromatic carbocycles. The summed E-state index contributed by atoms with van der Waals surface area (Å²) in [5.41, 5.74) is 0.559. The Bertz CT molecular complexity index is 495. The van der Waals surface area contributed by atoms with Gasteiger partial charge in [-0.1, -0.05) is 6.42 Å². The van der Waals surface area contributed by atoms with E-state index in [-0.39, 0.29) is 24.3 Å². The van der Waals surface area contributed by atoms with Gasteiger partial charge in [-0.3, -0.25) is 10.1 Å². The first-order valence-corrected chi connectivity index (χ1v) is 7.00.